The van der Waals surface area contributed by atoms with Crippen molar-refractivity contribution in [2.24, 2.45) is 5.92 Å². The van der Waals surface area contributed by atoms with Gasteiger partial charge in [-0.05, 0) is 23.6 Å². The highest BCUT2D eigenvalue weighted by atomic mass is 19.1. The summed E-state index contributed by atoms with van der Waals surface area (Å²) in [5.41, 5.74) is 0.562. The van der Waals surface area contributed by atoms with E-state index in [4.69, 9.17) is 9.84 Å². The second kappa shape index (κ2) is 6.48. The average molecular weight is 226 g/mol. The number of hydrogen-bond donors (Lipinski definition) is 1. The lowest BCUT2D eigenvalue weighted by Gasteiger charge is -2.14. The third-order valence-corrected chi connectivity index (χ3v) is 2.81. The van der Waals surface area contributed by atoms with Crippen molar-refractivity contribution < 1.29 is 14.2 Å². The molecule has 0 aliphatic carbocycles. The molecule has 90 valence electrons. The van der Waals surface area contributed by atoms with Crippen molar-refractivity contribution in [3.8, 4) is 5.75 Å². The summed E-state index contributed by atoms with van der Waals surface area (Å²) in [6.07, 6.45) is 2.07. The molecule has 16 heavy (non-hydrogen) atoms. The number of ether oxygens (including phenoxy) is 1. The summed E-state index contributed by atoms with van der Waals surface area (Å²) in [5, 5.41) is 8.84. The van der Waals surface area contributed by atoms with E-state index in [0.717, 1.165) is 12.8 Å². The lowest BCUT2D eigenvalue weighted by Crippen LogP contribution is -2.10. The molecule has 0 aromatic heterocycles. The molecule has 2 nitrogen and oxygen atoms in total. The molecule has 0 saturated carbocycles. The molecule has 1 N–H and O–H groups in total. The minimum Gasteiger partial charge on any atom is -0.490 e. The highest BCUT2D eigenvalue weighted by Crippen LogP contribution is 2.20. The summed E-state index contributed by atoms with van der Waals surface area (Å²) in [4.78, 5) is 0. The van der Waals surface area contributed by atoms with Crippen LogP contribution in [0, 0.1) is 11.7 Å². The third kappa shape index (κ3) is 3.49. The van der Waals surface area contributed by atoms with Gasteiger partial charge in [-0.1, -0.05) is 32.8 Å². The Morgan fingerprint density at radius 3 is 2.50 bits per heavy atom. The molecular formula is C13H19FO2. The molecule has 0 heterocycles. The van der Waals surface area contributed by atoms with E-state index in [2.05, 4.69) is 13.8 Å². The molecular weight excluding hydrogens is 207 g/mol. The van der Waals surface area contributed by atoms with E-state index in [1.54, 1.807) is 12.1 Å². The van der Waals surface area contributed by atoms with Crippen LogP contribution in [0.5, 0.6) is 5.75 Å². The van der Waals surface area contributed by atoms with Crippen molar-refractivity contribution in [1.29, 1.82) is 0 Å². The zero-order valence-electron chi connectivity index (χ0n) is 9.87. The van der Waals surface area contributed by atoms with Gasteiger partial charge in [-0.2, -0.15) is 0 Å². The largest absolute Gasteiger partial charge is 0.490 e. The van der Waals surface area contributed by atoms with Crippen LogP contribution in [0.4, 0.5) is 4.39 Å². The molecule has 1 aromatic rings. The van der Waals surface area contributed by atoms with Crippen molar-refractivity contribution in [3.05, 3.63) is 29.6 Å². The fourth-order valence-electron chi connectivity index (χ4n) is 1.49. The van der Waals surface area contributed by atoms with E-state index >= 15 is 0 Å². The molecule has 0 aliphatic heterocycles. The predicted molar refractivity (Wildman–Crippen MR) is 61.9 cm³/mol. The standard InChI is InChI=1S/C13H19FO2/c1-3-10(4-2)9-16-13-6-5-11(8-15)7-12(13)14/h5-7,10,15H,3-4,8-9H2,1-2H3. The molecule has 0 radical (unpaired) electrons. The summed E-state index contributed by atoms with van der Waals surface area (Å²) < 4.78 is 18.9. The smallest absolute Gasteiger partial charge is 0.165 e. The maximum absolute atomic E-state index is 13.5. The van der Waals surface area contributed by atoms with Crippen molar-refractivity contribution in [3.63, 3.8) is 0 Å². The first-order chi connectivity index (χ1) is 7.71. The van der Waals surface area contributed by atoms with Gasteiger partial charge in [0.05, 0.1) is 13.2 Å². The molecule has 0 saturated heterocycles. The van der Waals surface area contributed by atoms with Gasteiger partial charge in [0, 0.05) is 0 Å². The Morgan fingerprint density at radius 1 is 1.31 bits per heavy atom. The topological polar surface area (TPSA) is 29.5 Å². The maximum atomic E-state index is 13.5. The Bertz CT molecular complexity index is 322. The summed E-state index contributed by atoms with van der Waals surface area (Å²) in [7, 11) is 0. The van der Waals surface area contributed by atoms with Gasteiger partial charge in [-0.25, -0.2) is 4.39 Å². The van der Waals surface area contributed by atoms with E-state index in [9.17, 15) is 4.39 Å². The summed E-state index contributed by atoms with van der Waals surface area (Å²) in [6, 6.07) is 4.55. The Labute approximate surface area is 96.1 Å². The van der Waals surface area contributed by atoms with Gasteiger partial charge < -0.3 is 9.84 Å². The molecule has 1 aromatic carbocycles. The predicted octanol–water partition coefficient (Wildman–Crippen LogP) is 3.13. The monoisotopic (exact) mass is 226 g/mol. The van der Waals surface area contributed by atoms with Crippen LogP contribution in [0.2, 0.25) is 0 Å². The highest BCUT2D eigenvalue weighted by molar-refractivity contribution is 5.28. The minimum absolute atomic E-state index is 0.149. The van der Waals surface area contributed by atoms with Crippen LogP contribution in [0.15, 0.2) is 18.2 Å². The normalized spacial score (nSPS) is 10.8. The highest BCUT2D eigenvalue weighted by Gasteiger charge is 2.08. The summed E-state index contributed by atoms with van der Waals surface area (Å²) >= 11 is 0. The van der Waals surface area contributed by atoms with Crippen LogP contribution in [-0.2, 0) is 6.61 Å². The van der Waals surface area contributed by atoms with Crippen molar-refractivity contribution in [2.45, 2.75) is 33.3 Å². The zero-order chi connectivity index (χ0) is 12.0. The van der Waals surface area contributed by atoms with Crippen LogP contribution in [0.25, 0.3) is 0 Å². The first kappa shape index (κ1) is 13.0. The molecule has 1 rings (SSSR count). The van der Waals surface area contributed by atoms with Crippen molar-refractivity contribution in [1.82, 2.24) is 0 Å². The Kier molecular flexibility index (Phi) is 5.26. The summed E-state index contributed by atoms with van der Waals surface area (Å²) in [6.45, 7) is 4.59. The third-order valence-electron chi connectivity index (χ3n) is 2.81. The number of halogens is 1. The van der Waals surface area contributed by atoms with Crippen LogP contribution in [0.1, 0.15) is 32.3 Å². The van der Waals surface area contributed by atoms with Gasteiger partial charge in [-0.15, -0.1) is 0 Å². The Morgan fingerprint density at radius 2 is 2.00 bits per heavy atom. The number of aliphatic hydroxyl groups excluding tert-OH is 1. The van der Waals surface area contributed by atoms with E-state index < -0.39 is 5.82 Å². The SMILES string of the molecule is CCC(CC)COc1ccc(CO)cc1F. The molecule has 0 aliphatic rings. The molecule has 0 bridgehead atoms. The van der Waals surface area contributed by atoms with Crippen LogP contribution in [0.3, 0.4) is 0 Å². The molecule has 0 amide bonds. The van der Waals surface area contributed by atoms with Gasteiger partial charge in [0.25, 0.3) is 0 Å². The second-order valence-corrected chi connectivity index (χ2v) is 3.92. The van der Waals surface area contributed by atoms with Crippen molar-refractivity contribution in [2.75, 3.05) is 6.61 Å². The van der Waals surface area contributed by atoms with E-state index in [-0.39, 0.29) is 12.4 Å². The number of benzene rings is 1. The summed E-state index contributed by atoms with van der Waals surface area (Å²) in [5.74, 6) is 0.332. The molecule has 0 spiro atoms. The number of hydrogen-bond acceptors (Lipinski definition) is 2. The first-order valence-electron chi connectivity index (χ1n) is 5.73. The maximum Gasteiger partial charge on any atom is 0.165 e. The number of rotatable bonds is 6. The van der Waals surface area contributed by atoms with Crippen molar-refractivity contribution >= 4 is 0 Å². The van der Waals surface area contributed by atoms with Gasteiger partial charge in [0.2, 0.25) is 0 Å². The molecule has 0 fully saturated rings. The quantitative estimate of drug-likeness (QED) is 0.807. The minimum atomic E-state index is -0.405. The fourth-order valence-corrected chi connectivity index (χ4v) is 1.49. The van der Waals surface area contributed by atoms with E-state index in [1.165, 1.54) is 6.07 Å². The lowest BCUT2D eigenvalue weighted by atomic mass is 10.1. The first-order valence-corrected chi connectivity index (χ1v) is 5.73. The van der Waals surface area contributed by atoms with Crippen LogP contribution < -0.4 is 4.74 Å². The second-order valence-electron chi connectivity index (χ2n) is 3.92. The number of aliphatic hydroxyl groups is 1. The lowest BCUT2D eigenvalue weighted by molar-refractivity contribution is 0.231. The van der Waals surface area contributed by atoms with E-state index in [1.807, 2.05) is 0 Å². The van der Waals surface area contributed by atoms with Gasteiger partial charge in [0.1, 0.15) is 0 Å². The molecule has 3 heteroatoms. The molecule has 0 unspecified atom stereocenters. The van der Waals surface area contributed by atoms with E-state index in [0.29, 0.717) is 18.1 Å². The van der Waals surface area contributed by atoms with Gasteiger partial charge in [0.15, 0.2) is 11.6 Å². The fraction of sp³-hybridized carbons (Fsp3) is 0.538. The average Bonchev–Trinajstić information content (AvgIpc) is 2.32. The molecule has 0 atom stereocenters. The van der Waals surface area contributed by atoms with Gasteiger partial charge >= 0.3 is 0 Å². The van der Waals surface area contributed by atoms with Crippen LogP contribution in [-0.4, -0.2) is 11.7 Å². The van der Waals surface area contributed by atoms with Crippen LogP contribution >= 0.6 is 0 Å². The van der Waals surface area contributed by atoms with Gasteiger partial charge in [-0.3, -0.25) is 0 Å². The Balaban J connectivity index is 2.60. The zero-order valence-corrected chi connectivity index (χ0v) is 9.87. The Hall–Kier alpha value is -1.09.